The smallest absolute Gasteiger partial charge is 0.119 e. The van der Waals surface area contributed by atoms with E-state index in [9.17, 15) is 4.79 Å². The molecular weight excluding hydrogens is 140 g/mol. The largest absolute Gasteiger partial charge is 0.311 e. The van der Waals surface area contributed by atoms with Crippen LogP contribution in [0.15, 0.2) is 11.6 Å². The number of hydrogen-bond donors (Lipinski definition) is 1. The third-order valence-electron chi connectivity index (χ3n) is 1.27. The van der Waals surface area contributed by atoms with Crippen molar-refractivity contribution in [1.82, 2.24) is 0 Å². The summed E-state index contributed by atoms with van der Waals surface area (Å²) in [6.07, 6.45) is 4.15. The van der Waals surface area contributed by atoms with Gasteiger partial charge in [-0.2, -0.15) is 0 Å². The molecule has 1 N–H and O–H groups in total. The van der Waals surface area contributed by atoms with Crippen LogP contribution in [0.3, 0.4) is 0 Å². The second-order valence-electron chi connectivity index (χ2n) is 2.12. The molecule has 0 rings (SSSR count). The lowest BCUT2D eigenvalue weighted by atomic mass is 10.1. The Kier molecular flexibility index (Phi) is 6.14. The topological polar surface area (TPSA) is 53.3 Å². The number of carbonyl (C=O) groups excluding carboxylic acids is 1. The summed E-state index contributed by atoms with van der Waals surface area (Å²) < 4.78 is 0. The second kappa shape index (κ2) is 6.90. The number of aliphatic imine (C=N–C) groups is 1. The first-order chi connectivity index (χ1) is 5.35. The van der Waals surface area contributed by atoms with Crippen molar-refractivity contribution < 1.29 is 4.79 Å². The van der Waals surface area contributed by atoms with Crippen molar-refractivity contribution in [3.8, 4) is 0 Å². The summed E-state index contributed by atoms with van der Waals surface area (Å²) in [5.41, 5.74) is 0. The Hall–Kier alpha value is -1.21. The van der Waals surface area contributed by atoms with Gasteiger partial charge in [0.05, 0.1) is 6.04 Å². The van der Waals surface area contributed by atoms with Crippen LogP contribution in [-0.2, 0) is 4.79 Å². The highest BCUT2D eigenvalue weighted by Gasteiger charge is 1.99. The lowest BCUT2D eigenvalue weighted by molar-refractivity contribution is -0.107. The fourth-order valence-corrected chi connectivity index (χ4v) is 0.713. The number of hydrogen-bond acceptors (Lipinski definition) is 3. The number of unbranched alkanes of at least 4 members (excludes halogenated alkanes) is 1. The number of rotatable bonds is 6. The molecule has 0 heterocycles. The van der Waals surface area contributed by atoms with Gasteiger partial charge in [-0.05, 0) is 25.3 Å². The second-order valence-corrected chi connectivity index (χ2v) is 2.12. The van der Waals surface area contributed by atoms with Crippen LogP contribution in [0, 0.1) is 5.41 Å². The quantitative estimate of drug-likeness (QED) is 0.347. The summed E-state index contributed by atoms with van der Waals surface area (Å²) in [5.74, 6) is 2.38. The standard InChI is InChI=1S/C8H12N2O/c1-2-10-8(7-9)5-3-4-6-11/h6-9H,1,3-5H2. The normalized spacial score (nSPS) is 11.3. The van der Waals surface area contributed by atoms with Gasteiger partial charge in [-0.1, -0.05) is 0 Å². The highest BCUT2D eigenvalue weighted by atomic mass is 16.1. The third-order valence-corrected chi connectivity index (χ3v) is 1.27. The fraction of sp³-hybridized carbons (Fsp3) is 0.500. The maximum absolute atomic E-state index is 9.92. The molecule has 0 aromatic rings. The minimum Gasteiger partial charge on any atom is -0.311 e. The molecule has 0 bridgehead atoms. The first kappa shape index (κ1) is 9.79. The van der Waals surface area contributed by atoms with Crippen molar-refractivity contribution in [2.75, 3.05) is 0 Å². The maximum Gasteiger partial charge on any atom is 0.119 e. The van der Waals surface area contributed by atoms with Crippen LogP contribution in [-0.4, -0.2) is 24.4 Å². The van der Waals surface area contributed by atoms with Crippen molar-refractivity contribution in [2.45, 2.75) is 25.3 Å². The molecule has 0 amide bonds. The number of aldehydes is 1. The van der Waals surface area contributed by atoms with Gasteiger partial charge in [0.1, 0.15) is 6.29 Å². The Bertz CT molecular complexity index is 171. The van der Waals surface area contributed by atoms with Crippen LogP contribution in [0.4, 0.5) is 0 Å². The van der Waals surface area contributed by atoms with E-state index in [0.717, 1.165) is 19.1 Å². The van der Waals surface area contributed by atoms with Gasteiger partial charge in [0.25, 0.3) is 0 Å². The molecule has 0 aromatic carbocycles. The molecule has 0 aliphatic heterocycles. The van der Waals surface area contributed by atoms with Gasteiger partial charge in [0.15, 0.2) is 0 Å². The Morgan fingerprint density at radius 3 is 2.91 bits per heavy atom. The van der Waals surface area contributed by atoms with Gasteiger partial charge < -0.3 is 10.2 Å². The lowest BCUT2D eigenvalue weighted by Gasteiger charge is -2.00. The predicted octanol–water partition coefficient (Wildman–Crippen LogP) is 1.23. The van der Waals surface area contributed by atoms with Gasteiger partial charge in [-0.25, -0.2) is 4.99 Å². The molecule has 3 nitrogen and oxygen atoms in total. The minimum atomic E-state index is -0.146. The summed E-state index contributed by atoms with van der Waals surface area (Å²) in [4.78, 5) is 13.7. The van der Waals surface area contributed by atoms with Crippen LogP contribution in [0.1, 0.15) is 19.3 Å². The van der Waals surface area contributed by atoms with E-state index in [1.165, 1.54) is 6.21 Å². The van der Waals surface area contributed by atoms with E-state index in [1.54, 1.807) is 0 Å². The Balaban J connectivity index is 3.59. The summed E-state index contributed by atoms with van der Waals surface area (Å²) in [5, 5.41) is 6.92. The van der Waals surface area contributed by atoms with E-state index in [1.807, 2.05) is 0 Å². The molecule has 0 spiro atoms. The van der Waals surface area contributed by atoms with E-state index in [-0.39, 0.29) is 6.04 Å². The van der Waals surface area contributed by atoms with Crippen molar-refractivity contribution in [2.24, 2.45) is 4.99 Å². The maximum atomic E-state index is 9.92. The molecule has 11 heavy (non-hydrogen) atoms. The predicted molar refractivity (Wildman–Crippen MR) is 45.5 cm³/mol. The summed E-state index contributed by atoms with van der Waals surface area (Å²) in [6.45, 7) is 3.31. The molecule has 0 aliphatic rings. The molecule has 0 saturated carbocycles. The monoisotopic (exact) mass is 152 g/mol. The molecule has 0 saturated heterocycles. The highest BCUT2D eigenvalue weighted by Crippen LogP contribution is 2.00. The Morgan fingerprint density at radius 2 is 2.45 bits per heavy atom. The molecule has 60 valence electrons. The zero-order valence-electron chi connectivity index (χ0n) is 6.42. The van der Waals surface area contributed by atoms with Crippen LogP contribution in [0.25, 0.3) is 0 Å². The highest BCUT2D eigenvalue weighted by molar-refractivity contribution is 5.64. The zero-order valence-corrected chi connectivity index (χ0v) is 6.42. The number of nitrogens with zero attached hydrogens (tertiary/aromatic N) is 1. The third kappa shape index (κ3) is 5.25. The van der Waals surface area contributed by atoms with E-state index < -0.39 is 0 Å². The summed E-state index contributed by atoms with van der Waals surface area (Å²) >= 11 is 0. The first-order valence-corrected chi connectivity index (χ1v) is 3.51. The van der Waals surface area contributed by atoms with Crippen molar-refractivity contribution >= 4 is 18.4 Å². The molecule has 0 radical (unpaired) electrons. The van der Waals surface area contributed by atoms with E-state index in [2.05, 4.69) is 17.4 Å². The van der Waals surface area contributed by atoms with Crippen LogP contribution in [0.5, 0.6) is 0 Å². The van der Waals surface area contributed by atoms with E-state index in [4.69, 9.17) is 5.41 Å². The fourth-order valence-electron chi connectivity index (χ4n) is 0.713. The average Bonchev–Trinajstić information content (AvgIpc) is 2.03. The van der Waals surface area contributed by atoms with E-state index >= 15 is 0 Å². The van der Waals surface area contributed by atoms with Gasteiger partial charge in [0, 0.05) is 12.6 Å². The number of carbonyl (C=O) groups is 1. The first-order valence-electron chi connectivity index (χ1n) is 3.51. The summed E-state index contributed by atoms with van der Waals surface area (Å²) in [7, 11) is 0. The van der Waals surface area contributed by atoms with Crippen LogP contribution >= 0.6 is 0 Å². The summed E-state index contributed by atoms with van der Waals surface area (Å²) in [6, 6.07) is -0.146. The average molecular weight is 152 g/mol. The van der Waals surface area contributed by atoms with Gasteiger partial charge in [-0.15, -0.1) is 0 Å². The molecule has 0 aliphatic carbocycles. The molecule has 1 atom stereocenters. The molecule has 3 heteroatoms. The van der Waals surface area contributed by atoms with Crippen LogP contribution < -0.4 is 0 Å². The van der Waals surface area contributed by atoms with Gasteiger partial charge in [0.2, 0.25) is 0 Å². The van der Waals surface area contributed by atoms with Crippen molar-refractivity contribution in [3.63, 3.8) is 0 Å². The molecule has 0 aromatic heterocycles. The number of nitrogens with one attached hydrogen (secondary N) is 1. The van der Waals surface area contributed by atoms with Gasteiger partial charge >= 0.3 is 0 Å². The minimum absolute atomic E-state index is 0.146. The van der Waals surface area contributed by atoms with Crippen LogP contribution in [0.2, 0.25) is 0 Å². The van der Waals surface area contributed by atoms with E-state index in [0.29, 0.717) is 6.42 Å². The SMILES string of the molecule is C=C=NC(C=N)CCCC=O. The van der Waals surface area contributed by atoms with Gasteiger partial charge in [-0.3, -0.25) is 0 Å². The molecular formula is C8H12N2O. The Morgan fingerprint density at radius 1 is 1.73 bits per heavy atom. The lowest BCUT2D eigenvalue weighted by Crippen LogP contribution is -2.04. The zero-order chi connectivity index (χ0) is 8.53. The van der Waals surface area contributed by atoms with Crippen molar-refractivity contribution in [3.05, 3.63) is 6.58 Å². The van der Waals surface area contributed by atoms with Crippen molar-refractivity contribution in [1.29, 1.82) is 5.41 Å². The molecule has 0 fully saturated rings. The molecule has 1 unspecified atom stereocenters. The Labute approximate surface area is 66.3 Å².